The predicted molar refractivity (Wildman–Crippen MR) is 82.3 cm³/mol. The highest BCUT2D eigenvalue weighted by molar-refractivity contribution is 5.96. The van der Waals surface area contributed by atoms with Crippen LogP contribution in [0.3, 0.4) is 0 Å². The molecule has 0 atom stereocenters. The predicted octanol–water partition coefficient (Wildman–Crippen LogP) is 1.32. The lowest BCUT2D eigenvalue weighted by Crippen LogP contribution is -2.36. The molecule has 2 aromatic heterocycles. The quantitative estimate of drug-likeness (QED) is 0.854. The number of fused-ring (bicyclic) bond motifs is 1. The molecule has 6 heteroatoms. The third kappa shape index (κ3) is 2.90. The van der Waals surface area contributed by atoms with Crippen molar-refractivity contribution in [2.75, 3.05) is 26.7 Å². The van der Waals surface area contributed by atoms with Gasteiger partial charge >= 0.3 is 0 Å². The van der Waals surface area contributed by atoms with Crippen LogP contribution in [-0.4, -0.2) is 58.3 Å². The second kappa shape index (κ2) is 6.09. The van der Waals surface area contributed by atoms with E-state index in [1.807, 2.05) is 17.0 Å². The van der Waals surface area contributed by atoms with Gasteiger partial charge in [0.25, 0.3) is 5.91 Å². The van der Waals surface area contributed by atoms with Crippen molar-refractivity contribution >= 4 is 22.8 Å². The van der Waals surface area contributed by atoms with Gasteiger partial charge in [-0.15, -0.1) is 0 Å². The average Bonchev–Trinajstić information content (AvgIpc) is 2.96. The fourth-order valence-corrected chi connectivity index (χ4v) is 2.60. The summed E-state index contributed by atoms with van der Waals surface area (Å²) in [6.45, 7) is 1.90. The summed E-state index contributed by atoms with van der Waals surface area (Å²) in [5.41, 5.74) is 1.99. The number of nitrogens with zero attached hydrogens (tertiary/aromatic N) is 4. The molecule has 0 aromatic carbocycles. The molecule has 2 aromatic rings. The molecule has 6 nitrogen and oxygen atoms in total. The molecule has 2 amide bonds. The van der Waals surface area contributed by atoms with E-state index in [0.29, 0.717) is 30.6 Å². The summed E-state index contributed by atoms with van der Waals surface area (Å²) < 4.78 is 0. The van der Waals surface area contributed by atoms with Gasteiger partial charge in [0.05, 0.1) is 16.6 Å². The van der Waals surface area contributed by atoms with Gasteiger partial charge in [-0.05, 0) is 24.6 Å². The van der Waals surface area contributed by atoms with Crippen LogP contribution in [0.4, 0.5) is 0 Å². The van der Waals surface area contributed by atoms with Crippen LogP contribution in [0.25, 0.3) is 11.0 Å². The molecule has 114 valence electrons. The van der Waals surface area contributed by atoms with Crippen molar-refractivity contribution in [1.82, 2.24) is 19.8 Å². The SMILES string of the molecule is CN(CCN1CCCC1=O)C(=O)c1cnc2cccnc2c1. The van der Waals surface area contributed by atoms with Gasteiger partial charge in [-0.25, -0.2) is 0 Å². The number of pyridine rings is 2. The number of rotatable bonds is 4. The fraction of sp³-hybridized carbons (Fsp3) is 0.375. The number of amides is 2. The maximum Gasteiger partial charge on any atom is 0.255 e. The molecule has 0 N–H and O–H groups in total. The van der Waals surface area contributed by atoms with Crippen LogP contribution in [0.5, 0.6) is 0 Å². The lowest BCUT2D eigenvalue weighted by atomic mass is 10.2. The Kier molecular flexibility index (Phi) is 4.00. The van der Waals surface area contributed by atoms with Gasteiger partial charge in [-0.2, -0.15) is 0 Å². The Balaban J connectivity index is 1.67. The highest BCUT2D eigenvalue weighted by Crippen LogP contribution is 2.12. The molecule has 0 radical (unpaired) electrons. The van der Waals surface area contributed by atoms with Crippen LogP contribution in [0.15, 0.2) is 30.6 Å². The lowest BCUT2D eigenvalue weighted by molar-refractivity contribution is -0.127. The zero-order valence-corrected chi connectivity index (χ0v) is 12.5. The van der Waals surface area contributed by atoms with E-state index in [4.69, 9.17) is 0 Å². The maximum absolute atomic E-state index is 12.4. The van der Waals surface area contributed by atoms with E-state index < -0.39 is 0 Å². The first-order valence-corrected chi connectivity index (χ1v) is 7.39. The molecule has 1 fully saturated rings. The van der Waals surface area contributed by atoms with Crippen LogP contribution in [0.2, 0.25) is 0 Å². The van der Waals surface area contributed by atoms with Crippen molar-refractivity contribution in [3.63, 3.8) is 0 Å². The first-order valence-electron chi connectivity index (χ1n) is 7.39. The van der Waals surface area contributed by atoms with Crippen LogP contribution >= 0.6 is 0 Å². The topological polar surface area (TPSA) is 66.4 Å². The van der Waals surface area contributed by atoms with Gasteiger partial charge in [0, 0.05) is 45.5 Å². The largest absolute Gasteiger partial charge is 0.341 e. The molecule has 0 spiro atoms. The van der Waals surface area contributed by atoms with Crippen molar-refractivity contribution < 1.29 is 9.59 Å². The summed E-state index contributed by atoms with van der Waals surface area (Å²) in [6.07, 6.45) is 4.79. The molecular formula is C16H18N4O2. The molecule has 0 unspecified atom stereocenters. The molecule has 1 aliphatic heterocycles. The minimum atomic E-state index is -0.105. The van der Waals surface area contributed by atoms with E-state index in [2.05, 4.69) is 9.97 Å². The normalized spacial score (nSPS) is 14.6. The van der Waals surface area contributed by atoms with Crippen molar-refractivity contribution in [3.8, 4) is 0 Å². The van der Waals surface area contributed by atoms with Crippen LogP contribution in [-0.2, 0) is 4.79 Å². The Morgan fingerprint density at radius 1 is 1.36 bits per heavy atom. The zero-order valence-electron chi connectivity index (χ0n) is 12.5. The molecule has 3 heterocycles. The smallest absolute Gasteiger partial charge is 0.255 e. The van der Waals surface area contributed by atoms with Crippen LogP contribution < -0.4 is 0 Å². The Morgan fingerprint density at radius 3 is 3.00 bits per heavy atom. The van der Waals surface area contributed by atoms with E-state index >= 15 is 0 Å². The Morgan fingerprint density at radius 2 is 2.23 bits per heavy atom. The monoisotopic (exact) mass is 298 g/mol. The highest BCUT2D eigenvalue weighted by Gasteiger charge is 2.21. The van der Waals surface area contributed by atoms with E-state index in [1.54, 1.807) is 30.4 Å². The van der Waals surface area contributed by atoms with Crippen molar-refractivity contribution in [3.05, 3.63) is 36.2 Å². The third-order valence-electron chi connectivity index (χ3n) is 3.92. The van der Waals surface area contributed by atoms with E-state index in [-0.39, 0.29) is 11.8 Å². The standard InChI is InChI=1S/C16H18N4O2/c1-19(8-9-20-7-3-5-15(20)21)16(22)12-10-14-13(18-11-12)4-2-6-17-14/h2,4,6,10-11H,3,5,7-9H2,1H3. The summed E-state index contributed by atoms with van der Waals surface area (Å²) >= 11 is 0. The summed E-state index contributed by atoms with van der Waals surface area (Å²) in [6, 6.07) is 5.43. The number of carbonyl (C=O) groups is 2. The fourth-order valence-electron chi connectivity index (χ4n) is 2.60. The van der Waals surface area contributed by atoms with Crippen LogP contribution in [0, 0.1) is 0 Å². The molecule has 1 saturated heterocycles. The Bertz CT molecular complexity index is 716. The Hall–Kier alpha value is -2.50. The van der Waals surface area contributed by atoms with Gasteiger partial charge in [0.2, 0.25) is 5.91 Å². The molecule has 0 bridgehead atoms. The molecule has 3 rings (SSSR count). The Labute approximate surface area is 128 Å². The van der Waals surface area contributed by atoms with Crippen molar-refractivity contribution in [2.45, 2.75) is 12.8 Å². The number of aromatic nitrogens is 2. The molecular weight excluding hydrogens is 280 g/mol. The lowest BCUT2D eigenvalue weighted by Gasteiger charge is -2.21. The van der Waals surface area contributed by atoms with E-state index in [9.17, 15) is 9.59 Å². The summed E-state index contributed by atoms with van der Waals surface area (Å²) in [4.78, 5) is 35.9. The summed E-state index contributed by atoms with van der Waals surface area (Å²) in [5, 5.41) is 0. The number of hydrogen-bond donors (Lipinski definition) is 0. The second-order valence-electron chi connectivity index (χ2n) is 5.48. The number of likely N-dealkylation sites (N-methyl/N-ethyl adjacent to an activating group) is 1. The summed E-state index contributed by atoms with van der Waals surface area (Å²) in [5.74, 6) is 0.0733. The van der Waals surface area contributed by atoms with Gasteiger partial charge in [-0.3, -0.25) is 19.6 Å². The molecule has 0 saturated carbocycles. The second-order valence-corrected chi connectivity index (χ2v) is 5.48. The molecule has 1 aliphatic rings. The van der Waals surface area contributed by atoms with E-state index in [1.165, 1.54) is 0 Å². The van der Waals surface area contributed by atoms with Gasteiger partial charge in [0.15, 0.2) is 0 Å². The molecule has 22 heavy (non-hydrogen) atoms. The van der Waals surface area contributed by atoms with Crippen LogP contribution in [0.1, 0.15) is 23.2 Å². The van der Waals surface area contributed by atoms with Gasteiger partial charge in [0.1, 0.15) is 0 Å². The minimum Gasteiger partial charge on any atom is -0.341 e. The van der Waals surface area contributed by atoms with Gasteiger partial charge in [-0.1, -0.05) is 0 Å². The average molecular weight is 298 g/mol. The molecule has 0 aliphatic carbocycles. The van der Waals surface area contributed by atoms with Crippen molar-refractivity contribution in [1.29, 1.82) is 0 Å². The number of likely N-dealkylation sites (tertiary alicyclic amines) is 1. The van der Waals surface area contributed by atoms with Gasteiger partial charge < -0.3 is 9.80 Å². The third-order valence-corrected chi connectivity index (χ3v) is 3.92. The zero-order chi connectivity index (χ0) is 15.5. The number of carbonyl (C=O) groups excluding carboxylic acids is 2. The summed E-state index contributed by atoms with van der Waals surface area (Å²) in [7, 11) is 1.74. The first kappa shape index (κ1) is 14.4. The minimum absolute atomic E-state index is 0.105. The first-order chi connectivity index (χ1) is 10.6. The number of hydrogen-bond acceptors (Lipinski definition) is 4. The highest BCUT2D eigenvalue weighted by atomic mass is 16.2. The van der Waals surface area contributed by atoms with E-state index in [0.717, 1.165) is 18.5 Å². The maximum atomic E-state index is 12.4. The van der Waals surface area contributed by atoms with Crippen molar-refractivity contribution in [2.24, 2.45) is 0 Å².